The van der Waals surface area contributed by atoms with Crippen LogP contribution in [0.5, 0.6) is 11.5 Å². The lowest BCUT2D eigenvalue weighted by Crippen LogP contribution is -2.49. The highest BCUT2D eigenvalue weighted by atomic mass is 16.5. The van der Waals surface area contributed by atoms with Gasteiger partial charge >= 0.3 is 0 Å². The number of nitriles is 1. The van der Waals surface area contributed by atoms with Crippen molar-refractivity contribution in [1.29, 1.82) is 5.26 Å². The minimum absolute atomic E-state index is 0.131. The number of nitrogens with zero attached hydrogens (tertiary/aromatic N) is 2. The Bertz CT molecular complexity index is 1890. The fourth-order valence-electron chi connectivity index (χ4n) is 7.19. The Kier molecular flexibility index (Phi) is 6.51. The first-order valence-corrected chi connectivity index (χ1v) is 14.3. The molecule has 1 saturated heterocycles. The number of amides is 1. The lowest BCUT2D eigenvalue weighted by atomic mass is 9.62. The molecule has 1 amide bonds. The summed E-state index contributed by atoms with van der Waals surface area (Å²) < 4.78 is 11.0. The largest absolute Gasteiger partial charge is 0.496 e. The predicted octanol–water partition coefficient (Wildman–Crippen LogP) is 5.58. The van der Waals surface area contributed by atoms with Crippen molar-refractivity contribution >= 4 is 29.2 Å². The zero-order valence-electron chi connectivity index (χ0n) is 23.8. The van der Waals surface area contributed by atoms with E-state index in [1.54, 1.807) is 48.5 Å². The van der Waals surface area contributed by atoms with Gasteiger partial charge in [-0.15, -0.1) is 0 Å². The number of ether oxygens (including phenoxy) is 2. The van der Waals surface area contributed by atoms with E-state index in [0.717, 1.165) is 11.1 Å². The van der Waals surface area contributed by atoms with E-state index in [4.69, 9.17) is 14.7 Å². The first-order chi connectivity index (χ1) is 21.5. The van der Waals surface area contributed by atoms with Gasteiger partial charge in [-0.3, -0.25) is 14.4 Å². The van der Waals surface area contributed by atoms with Crippen LogP contribution in [0.2, 0.25) is 0 Å². The number of para-hydroxylation sites is 2. The van der Waals surface area contributed by atoms with Crippen LogP contribution in [0.15, 0.2) is 103 Å². The number of rotatable bonds is 7. The fourth-order valence-corrected chi connectivity index (χ4v) is 7.19. The van der Waals surface area contributed by atoms with Gasteiger partial charge in [0.1, 0.15) is 29.0 Å². The normalized spacial score (nSPS) is 22.4. The lowest BCUT2D eigenvalue weighted by Gasteiger charge is -2.38. The molecular weight excluding hydrogens is 554 g/mol. The Morgan fingerprint density at radius 3 is 2.45 bits per heavy atom. The second-order valence-electron chi connectivity index (χ2n) is 11.0. The quantitative estimate of drug-likeness (QED) is 0.284. The summed E-state index contributed by atoms with van der Waals surface area (Å²) in [6.45, 7) is -0.131. The molecule has 0 saturated carbocycles. The SMILES string of the molecule is COc1ccccc1C(=O)[C@H]1[C@H](C(=O)c2ccc(OCC#N)cc2)[C@]2(C(=O)Nc3ccccc32)[C@H]2c3ccccc3C=CN12. The van der Waals surface area contributed by atoms with Gasteiger partial charge in [-0.2, -0.15) is 5.26 Å². The minimum Gasteiger partial charge on any atom is -0.496 e. The van der Waals surface area contributed by atoms with Gasteiger partial charge in [0.2, 0.25) is 5.91 Å². The van der Waals surface area contributed by atoms with Gasteiger partial charge in [-0.1, -0.05) is 54.6 Å². The van der Waals surface area contributed by atoms with Crippen LogP contribution in [0.4, 0.5) is 5.69 Å². The van der Waals surface area contributed by atoms with Crippen LogP contribution in [-0.4, -0.2) is 42.1 Å². The van der Waals surface area contributed by atoms with E-state index >= 15 is 0 Å². The molecule has 7 rings (SSSR count). The number of methoxy groups -OCH3 is 1. The van der Waals surface area contributed by atoms with Crippen LogP contribution in [-0.2, 0) is 10.2 Å². The van der Waals surface area contributed by atoms with Gasteiger partial charge in [0, 0.05) is 17.5 Å². The molecule has 1 spiro atoms. The molecule has 0 bridgehead atoms. The summed E-state index contributed by atoms with van der Waals surface area (Å²) >= 11 is 0. The molecule has 0 aromatic heterocycles. The molecule has 0 radical (unpaired) electrons. The summed E-state index contributed by atoms with van der Waals surface area (Å²) in [6, 6.07) is 28.8. The van der Waals surface area contributed by atoms with Crippen molar-refractivity contribution in [2.24, 2.45) is 5.92 Å². The average Bonchev–Trinajstić information content (AvgIpc) is 3.55. The molecule has 4 aromatic carbocycles. The maximum Gasteiger partial charge on any atom is 0.238 e. The van der Waals surface area contributed by atoms with Crippen LogP contribution < -0.4 is 14.8 Å². The van der Waals surface area contributed by atoms with Crippen molar-refractivity contribution in [3.63, 3.8) is 0 Å². The fraction of sp³-hybridized carbons (Fsp3) is 0.167. The monoisotopic (exact) mass is 581 g/mol. The van der Waals surface area contributed by atoms with Crippen molar-refractivity contribution in [1.82, 2.24) is 4.90 Å². The van der Waals surface area contributed by atoms with Gasteiger partial charge < -0.3 is 19.7 Å². The number of nitrogens with one attached hydrogen (secondary N) is 1. The third-order valence-electron chi connectivity index (χ3n) is 8.94. The van der Waals surface area contributed by atoms with E-state index in [9.17, 15) is 14.4 Å². The Morgan fingerprint density at radius 2 is 1.66 bits per heavy atom. The molecule has 3 aliphatic rings. The number of hydrogen-bond donors (Lipinski definition) is 1. The third-order valence-corrected chi connectivity index (χ3v) is 8.94. The molecule has 8 nitrogen and oxygen atoms in total. The van der Waals surface area contributed by atoms with Crippen molar-refractivity contribution in [3.8, 4) is 17.6 Å². The van der Waals surface area contributed by atoms with Crippen molar-refractivity contribution in [2.75, 3.05) is 19.0 Å². The molecule has 3 aliphatic heterocycles. The summed E-state index contributed by atoms with van der Waals surface area (Å²) in [6.07, 6.45) is 3.77. The van der Waals surface area contributed by atoms with Crippen molar-refractivity contribution in [2.45, 2.75) is 17.5 Å². The molecule has 8 heteroatoms. The van der Waals surface area contributed by atoms with E-state index in [1.165, 1.54) is 7.11 Å². The van der Waals surface area contributed by atoms with E-state index < -0.39 is 23.4 Å². The molecule has 4 atom stereocenters. The highest BCUT2D eigenvalue weighted by molar-refractivity contribution is 6.17. The highest BCUT2D eigenvalue weighted by Gasteiger charge is 2.70. The Labute approximate surface area is 254 Å². The van der Waals surface area contributed by atoms with Crippen LogP contribution in [0.3, 0.4) is 0 Å². The Hall–Kier alpha value is -5.68. The van der Waals surface area contributed by atoms with Gasteiger partial charge in [-0.25, -0.2) is 0 Å². The van der Waals surface area contributed by atoms with Crippen LogP contribution >= 0.6 is 0 Å². The first kappa shape index (κ1) is 27.2. The number of Topliss-reactive ketones (excluding diaryl/α,β-unsaturated/α-hetero) is 2. The maximum absolute atomic E-state index is 14.9. The molecule has 44 heavy (non-hydrogen) atoms. The number of benzene rings is 4. The molecular formula is C36H27N3O5. The van der Waals surface area contributed by atoms with E-state index in [1.807, 2.05) is 71.8 Å². The zero-order valence-corrected chi connectivity index (χ0v) is 23.8. The van der Waals surface area contributed by atoms with Crippen molar-refractivity contribution < 1.29 is 23.9 Å². The zero-order chi connectivity index (χ0) is 30.4. The summed E-state index contributed by atoms with van der Waals surface area (Å²) in [7, 11) is 1.50. The van der Waals surface area contributed by atoms with Gasteiger partial charge in [0.25, 0.3) is 0 Å². The molecule has 1 fully saturated rings. The summed E-state index contributed by atoms with van der Waals surface area (Å²) in [5.41, 5.74) is 2.28. The predicted molar refractivity (Wildman–Crippen MR) is 163 cm³/mol. The summed E-state index contributed by atoms with van der Waals surface area (Å²) in [5, 5.41) is 12.0. The van der Waals surface area contributed by atoms with E-state index in [-0.39, 0.29) is 24.1 Å². The maximum atomic E-state index is 14.9. The second kappa shape index (κ2) is 10.5. The minimum atomic E-state index is -1.44. The van der Waals surface area contributed by atoms with Gasteiger partial charge in [-0.05, 0) is 65.2 Å². The van der Waals surface area contributed by atoms with Gasteiger partial charge in [0.05, 0.1) is 24.6 Å². The molecule has 1 N–H and O–H groups in total. The number of ketones is 2. The number of carbonyl (C=O) groups excluding carboxylic acids is 3. The number of carbonyl (C=O) groups is 3. The van der Waals surface area contributed by atoms with Crippen molar-refractivity contribution in [3.05, 3.63) is 131 Å². The van der Waals surface area contributed by atoms with Gasteiger partial charge in [0.15, 0.2) is 18.2 Å². The highest BCUT2D eigenvalue weighted by Crippen LogP contribution is 2.62. The Morgan fingerprint density at radius 1 is 0.932 bits per heavy atom. The molecule has 0 aliphatic carbocycles. The van der Waals surface area contributed by atoms with Crippen LogP contribution in [0.25, 0.3) is 6.08 Å². The molecule has 4 aromatic rings. The number of fused-ring (bicyclic) bond motifs is 6. The topological polar surface area (TPSA) is 109 Å². The summed E-state index contributed by atoms with van der Waals surface area (Å²) in [5.74, 6) is -1.30. The summed E-state index contributed by atoms with van der Waals surface area (Å²) in [4.78, 5) is 46.2. The number of hydrogen-bond acceptors (Lipinski definition) is 7. The smallest absolute Gasteiger partial charge is 0.238 e. The molecule has 216 valence electrons. The van der Waals surface area contributed by atoms with E-state index in [2.05, 4.69) is 5.32 Å². The van der Waals surface area contributed by atoms with Crippen LogP contribution in [0.1, 0.15) is 43.4 Å². The number of anilines is 1. The molecule has 3 heterocycles. The molecule has 0 unspecified atom stereocenters. The lowest BCUT2D eigenvalue weighted by molar-refractivity contribution is -0.122. The Balaban J connectivity index is 1.49. The van der Waals surface area contributed by atoms with E-state index in [0.29, 0.717) is 33.9 Å². The first-order valence-electron chi connectivity index (χ1n) is 14.3. The standard InChI is InChI=1S/C36H27N3O5/c1-43-29-13-7-4-10-26(29)33(41)31-30(32(40)23-14-16-24(17-15-23)44-21-19-37)36(27-11-5-6-12-28(27)38-35(36)42)34-25-9-3-2-8-22(25)18-20-39(31)34/h2-18,20,30-31,34H,21H2,1H3,(H,38,42)/t30-,31-,34-,36+/m1/s1. The third kappa shape index (κ3) is 3.86. The average molecular weight is 582 g/mol. The second-order valence-corrected chi connectivity index (χ2v) is 11.0. The van der Waals surface area contributed by atoms with Crippen LogP contribution in [0, 0.1) is 17.2 Å².